The molecule has 3 heteroatoms. The molecule has 1 N–H and O–H groups in total. The Hall–Kier alpha value is -2.81. The van der Waals surface area contributed by atoms with E-state index < -0.39 is 0 Å². The van der Waals surface area contributed by atoms with E-state index in [4.69, 9.17) is 4.74 Å². The highest BCUT2D eigenvalue weighted by atomic mass is 16.5. The Morgan fingerprint density at radius 3 is 2.58 bits per heavy atom. The van der Waals surface area contributed by atoms with Crippen molar-refractivity contribution in [1.82, 2.24) is 0 Å². The zero-order valence-electron chi connectivity index (χ0n) is 16.1. The highest BCUT2D eigenvalue weighted by molar-refractivity contribution is 5.92. The predicted octanol–water partition coefficient (Wildman–Crippen LogP) is 5.63. The number of hydrogen-bond acceptors (Lipinski definition) is 3. The maximum absolute atomic E-state index is 11.4. The van der Waals surface area contributed by atoms with Crippen LogP contribution in [-0.4, -0.2) is 17.7 Å². The van der Waals surface area contributed by atoms with Crippen LogP contribution in [0.15, 0.2) is 54.1 Å². The van der Waals surface area contributed by atoms with E-state index in [0.29, 0.717) is 12.4 Å². The summed E-state index contributed by atoms with van der Waals surface area (Å²) >= 11 is 0. The summed E-state index contributed by atoms with van der Waals surface area (Å²) in [5, 5.41) is 12.2. The van der Waals surface area contributed by atoms with E-state index in [1.165, 1.54) is 6.08 Å². The van der Waals surface area contributed by atoms with Crippen molar-refractivity contribution in [2.45, 2.75) is 34.6 Å². The number of rotatable bonds is 5. The van der Waals surface area contributed by atoms with Crippen LogP contribution in [-0.2, 0) is 9.53 Å². The van der Waals surface area contributed by atoms with E-state index in [0.717, 1.165) is 38.6 Å². The van der Waals surface area contributed by atoms with Gasteiger partial charge in [-0.3, -0.25) is 0 Å². The molecule has 0 amide bonds. The molecule has 0 atom stereocenters. The van der Waals surface area contributed by atoms with Gasteiger partial charge in [-0.05, 0) is 85.4 Å². The Morgan fingerprint density at radius 1 is 1.15 bits per heavy atom. The lowest BCUT2D eigenvalue weighted by atomic mass is 9.96. The van der Waals surface area contributed by atoms with Crippen molar-refractivity contribution >= 4 is 22.3 Å². The van der Waals surface area contributed by atoms with Crippen molar-refractivity contribution in [1.29, 1.82) is 0 Å². The third-order valence-corrected chi connectivity index (χ3v) is 4.38. The number of hydrogen-bond donors (Lipinski definition) is 1. The van der Waals surface area contributed by atoms with Crippen LogP contribution < -0.4 is 0 Å². The lowest BCUT2D eigenvalue weighted by molar-refractivity contribution is -0.137. The number of carbonyl (C=O) groups is 1. The van der Waals surface area contributed by atoms with Crippen LogP contribution in [0.4, 0.5) is 0 Å². The second kappa shape index (κ2) is 8.52. The van der Waals surface area contributed by atoms with E-state index in [-0.39, 0.29) is 5.97 Å². The summed E-state index contributed by atoms with van der Waals surface area (Å²) in [6, 6.07) is 8.08. The third kappa shape index (κ3) is 4.63. The summed E-state index contributed by atoms with van der Waals surface area (Å²) < 4.78 is 4.90. The van der Waals surface area contributed by atoms with E-state index in [2.05, 4.69) is 25.1 Å². The molecule has 0 aliphatic carbocycles. The van der Waals surface area contributed by atoms with Crippen LogP contribution in [0.2, 0.25) is 0 Å². The van der Waals surface area contributed by atoms with Crippen LogP contribution >= 0.6 is 0 Å². The second-order valence-electron chi connectivity index (χ2n) is 6.45. The molecule has 136 valence electrons. The Bertz CT molecular complexity index is 915. The normalized spacial score (nSPS) is 12.8. The molecule has 0 saturated carbocycles. The quantitative estimate of drug-likeness (QED) is 0.432. The second-order valence-corrected chi connectivity index (χ2v) is 6.45. The zero-order chi connectivity index (χ0) is 19.3. The van der Waals surface area contributed by atoms with Crippen LogP contribution in [0, 0.1) is 13.8 Å². The van der Waals surface area contributed by atoms with Crippen molar-refractivity contribution < 1.29 is 14.6 Å². The molecule has 2 aromatic rings. The molecule has 0 aliphatic rings. The minimum Gasteiger partial charge on any atom is -0.508 e. The average molecular weight is 350 g/mol. The van der Waals surface area contributed by atoms with Crippen molar-refractivity contribution in [3.63, 3.8) is 0 Å². The number of benzene rings is 2. The summed E-state index contributed by atoms with van der Waals surface area (Å²) in [5.74, 6) is 0.0146. The maximum Gasteiger partial charge on any atom is 0.330 e. The highest BCUT2D eigenvalue weighted by Crippen LogP contribution is 2.31. The van der Waals surface area contributed by atoms with Gasteiger partial charge in [-0.1, -0.05) is 30.4 Å². The number of aryl methyl sites for hydroxylation is 2. The first-order valence-electron chi connectivity index (χ1n) is 8.76. The van der Waals surface area contributed by atoms with Gasteiger partial charge in [0.15, 0.2) is 0 Å². The summed E-state index contributed by atoms with van der Waals surface area (Å²) in [6.45, 7) is 10.0. The molecule has 0 bridgehead atoms. The number of fused-ring (bicyclic) bond motifs is 1. The molecule has 0 saturated heterocycles. The van der Waals surface area contributed by atoms with Crippen molar-refractivity contribution in [3.05, 3.63) is 70.8 Å². The van der Waals surface area contributed by atoms with E-state index in [1.807, 2.05) is 45.1 Å². The number of aromatic hydroxyl groups is 1. The molecule has 0 unspecified atom stereocenters. The standard InChI is InChI=1S/C23H26O3/c1-6-26-23(25)12-15(2)8-7-9-16(3)19-10-11-20-18(5)22(24)13-17(4)21(20)14-19/h7-14,24H,6H2,1-5H3/b8-7+,15-12+,16-9-. The fourth-order valence-electron chi connectivity index (χ4n) is 2.83. The first-order valence-corrected chi connectivity index (χ1v) is 8.76. The number of phenols is 1. The first-order chi connectivity index (χ1) is 12.3. The zero-order valence-corrected chi connectivity index (χ0v) is 16.1. The molecule has 0 radical (unpaired) electrons. The summed E-state index contributed by atoms with van der Waals surface area (Å²) in [6.07, 6.45) is 7.32. The van der Waals surface area contributed by atoms with Crippen molar-refractivity contribution in [2.24, 2.45) is 0 Å². The fraction of sp³-hybridized carbons (Fsp3) is 0.261. The first kappa shape index (κ1) is 19.5. The lowest BCUT2D eigenvalue weighted by Gasteiger charge is -2.10. The van der Waals surface area contributed by atoms with Gasteiger partial charge in [-0.15, -0.1) is 0 Å². The Labute approximate surface area is 155 Å². The highest BCUT2D eigenvalue weighted by Gasteiger charge is 2.07. The Morgan fingerprint density at radius 2 is 1.88 bits per heavy atom. The van der Waals surface area contributed by atoms with Gasteiger partial charge in [0.05, 0.1) is 6.61 Å². The largest absolute Gasteiger partial charge is 0.508 e. The average Bonchev–Trinajstić information content (AvgIpc) is 2.59. The summed E-state index contributed by atoms with van der Waals surface area (Å²) in [5.41, 5.74) is 5.05. The maximum atomic E-state index is 11.4. The monoisotopic (exact) mass is 350 g/mol. The van der Waals surface area contributed by atoms with E-state index >= 15 is 0 Å². The van der Waals surface area contributed by atoms with Gasteiger partial charge < -0.3 is 9.84 Å². The number of ether oxygens (including phenoxy) is 1. The molecule has 0 aliphatic heterocycles. The summed E-state index contributed by atoms with van der Waals surface area (Å²) in [7, 11) is 0. The molecule has 2 rings (SSSR count). The van der Waals surface area contributed by atoms with Gasteiger partial charge in [-0.2, -0.15) is 0 Å². The van der Waals surface area contributed by atoms with Gasteiger partial charge in [0.1, 0.15) is 5.75 Å². The molecule has 0 fully saturated rings. The number of phenolic OH excluding ortho intramolecular Hbond substituents is 1. The minimum absolute atomic E-state index is 0.320. The van der Waals surface area contributed by atoms with Crippen LogP contribution in [0.25, 0.3) is 16.3 Å². The number of allylic oxidation sites excluding steroid dienone is 5. The molecule has 3 nitrogen and oxygen atoms in total. The van der Waals surface area contributed by atoms with Crippen LogP contribution in [0.3, 0.4) is 0 Å². The molecule has 26 heavy (non-hydrogen) atoms. The van der Waals surface area contributed by atoms with Crippen LogP contribution in [0.5, 0.6) is 5.75 Å². The van der Waals surface area contributed by atoms with E-state index in [9.17, 15) is 9.90 Å². The predicted molar refractivity (Wildman–Crippen MR) is 108 cm³/mol. The Kier molecular flexibility index (Phi) is 6.40. The minimum atomic E-state index is -0.320. The molecule has 2 aromatic carbocycles. The SMILES string of the molecule is CCOC(=O)/C=C(C)/C=C/C=C(/C)c1ccc2c(C)c(O)cc(C)c2c1. The summed E-state index contributed by atoms with van der Waals surface area (Å²) in [4.78, 5) is 11.4. The van der Waals surface area contributed by atoms with E-state index in [1.54, 1.807) is 6.92 Å². The van der Waals surface area contributed by atoms with Crippen molar-refractivity contribution in [3.8, 4) is 5.75 Å². The fourth-order valence-corrected chi connectivity index (χ4v) is 2.83. The molecular formula is C23H26O3. The smallest absolute Gasteiger partial charge is 0.330 e. The van der Waals surface area contributed by atoms with Gasteiger partial charge in [0, 0.05) is 6.08 Å². The lowest BCUT2D eigenvalue weighted by Crippen LogP contribution is -1.99. The van der Waals surface area contributed by atoms with Crippen molar-refractivity contribution in [2.75, 3.05) is 6.61 Å². The van der Waals surface area contributed by atoms with Gasteiger partial charge in [0.2, 0.25) is 0 Å². The Balaban J connectivity index is 2.26. The number of esters is 1. The van der Waals surface area contributed by atoms with Gasteiger partial charge >= 0.3 is 5.97 Å². The molecular weight excluding hydrogens is 324 g/mol. The van der Waals surface area contributed by atoms with Gasteiger partial charge in [-0.25, -0.2) is 4.79 Å². The molecule has 0 heterocycles. The van der Waals surface area contributed by atoms with Gasteiger partial charge in [0.25, 0.3) is 0 Å². The number of carbonyl (C=O) groups excluding carboxylic acids is 1. The third-order valence-electron chi connectivity index (χ3n) is 4.38. The molecule has 0 spiro atoms. The molecule has 0 aromatic heterocycles. The topological polar surface area (TPSA) is 46.5 Å². The van der Waals surface area contributed by atoms with Crippen LogP contribution in [0.1, 0.15) is 37.5 Å².